The van der Waals surface area contributed by atoms with Crippen molar-refractivity contribution in [2.45, 2.75) is 20.4 Å². The number of hydrogen-bond acceptors (Lipinski definition) is 4. The first kappa shape index (κ1) is 13.1. The first-order valence-corrected chi connectivity index (χ1v) is 5.90. The third kappa shape index (κ3) is 2.31. The topological polar surface area (TPSA) is 85.0 Å². The van der Waals surface area contributed by atoms with E-state index in [2.05, 4.69) is 15.5 Å². The first-order chi connectivity index (χ1) is 8.91. The van der Waals surface area contributed by atoms with Gasteiger partial charge in [0.25, 0.3) is 0 Å². The lowest BCUT2D eigenvalue weighted by Crippen LogP contribution is -2.09. The van der Waals surface area contributed by atoms with Crippen LogP contribution in [-0.4, -0.2) is 30.6 Å². The summed E-state index contributed by atoms with van der Waals surface area (Å²) in [5.41, 5.74) is 2.78. The van der Waals surface area contributed by atoms with Crippen molar-refractivity contribution in [2.24, 2.45) is 14.1 Å². The minimum Gasteiger partial charge on any atom is -0.477 e. The average molecular weight is 263 g/mol. The largest absolute Gasteiger partial charge is 0.477 e. The Hall–Kier alpha value is -2.31. The fourth-order valence-electron chi connectivity index (χ4n) is 2.01. The van der Waals surface area contributed by atoms with Gasteiger partial charge in [0.15, 0.2) is 0 Å². The molecule has 0 bridgehead atoms. The zero-order valence-corrected chi connectivity index (χ0v) is 11.4. The van der Waals surface area contributed by atoms with Crippen molar-refractivity contribution >= 4 is 11.8 Å². The summed E-state index contributed by atoms with van der Waals surface area (Å²) in [5.74, 6) is -0.468. The number of aryl methyl sites for hydroxylation is 3. The summed E-state index contributed by atoms with van der Waals surface area (Å²) in [6.07, 6.45) is 1.77. The molecule has 7 nitrogen and oxygen atoms in total. The van der Waals surface area contributed by atoms with Gasteiger partial charge in [-0.25, -0.2) is 4.79 Å². The van der Waals surface area contributed by atoms with Crippen LogP contribution in [0.5, 0.6) is 0 Å². The van der Waals surface area contributed by atoms with Gasteiger partial charge in [0.1, 0.15) is 11.4 Å². The number of carboxylic acid groups (broad SMARTS) is 1. The maximum atomic E-state index is 11.2. The number of hydrogen-bond donors (Lipinski definition) is 2. The molecule has 0 unspecified atom stereocenters. The molecule has 0 aliphatic heterocycles. The van der Waals surface area contributed by atoms with Crippen molar-refractivity contribution in [2.75, 3.05) is 5.32 Å². The molecular weight excluding hydrogens is 246 g/mol. The number of nitrogens with one attached hydrogen (secondary N) is 1. The van der Waals surface area contributed by atoms with Gasteiger partial charge in [0.2, 0.25) is 0 Å². The monoisotopic (exact) mass is 263 g/mol. The van der Waals surface area contributed by atoms with E-state index in [0.717, 1.165) is 11.3 Å². The van der Waals surface area contributed by atoms with Crippen LogP contribution in [0.3, 0.4) is 0 Å². The second-order valence-corrected chi connectivity index (χ2v) is 4.47. The zero-order chi connectivity index (χ0) is 14.2. The maximum Gasteiger partial charge on any atom is 0.341 e. The number of nitrogens with zero attached hydrogens (tertiary/aromatic N) is 4. The van der Waals surface area contributed by atoms with E-state index in [0.29, 0.717) is 18.1 Å². The predicted octanol–water partition coefficient (Wildman–Crippen LogP) is 1.08. The highest BCUT2D eigenvalue weighted by molar-refractivity contribution is 5.94. The molecule has 102 valence electrons. The Kier molecular flexibility index (Phi) is 3.28. The highest BCUT2D eigenvalue weighted by Crippen LogP contribution is 2.19. The number of rotatable bonds is 4. The summed E-state index contributed by atoms with van der Waals surface area (Å²) in [7, 11) is 3.59. The van der Waals surface area contributed by atoms with Crippen molar-refractivity contribution in [3.05, 3.63) is 28.7 Å². The average Bonchev–Trinajstić information content (AvgIpc) is 2.79. The van der Waals surface area contributed by atoms with E-state index in [1.165, 1.54) is 0 Å². The number of carbonyl (C=O) groups is 1. The van der Waals surface area contributed by atoms with E-state index in [1.54, 1.807) is 29.5 Å². The minimum absolute atomic E-state index is 0.212. The molecule has 0 amide bonds. The Morgan fingerprint density at radius 2 is 2.05 bits per heavy atom. The van der Waals surface area contributed by atoms with Gasteiger partial charge in [0.05, 0.1) is 11.9 Å². The summed E-state index contributed by atoms with van der Waals surface area (Å²) in [5, 5.41) is 20.6. The Bertz CT molecular complexity index is 626. The van der Waals surface area contributed by atoms with E-state index in [-0.39, 0.29) is 5.56 Å². The van der Waals surface area contributed by atoms with Crippen LogP contribution in [0.1, 0.15) is 27.3 Å². The lowest BCUT2D eigenvalue weighted by Gasteiger charge is -2.07. The standard InChI is InChI=1S/C12H17N5O2/c1-7-10(12(18)19)11(17(4)15-7)13-5-9-6-14-16(3)8(9)2/h6,13H,5H2,1-4H3,(H,18,19). The van der Waals surface area contributed by atoms with Gasteiger partial charge in [-0.3, -0.25) is 9.36 Å². The Labute approximate surface area is 110 Å². The fourth-order valence-corrected chi connectivity index (χ4v) is 2.01. The summed E-state index contributed by atoms with van der Waals surface area (Å²) >= 11 is 0. The summed E-state index contributed by atoms with van der Waals surface area (Å²) in [6.45, 7) is 4.17. The predicted molar refractivity (Wildman–Crippen MR) is 70.2 cm³/mol. The molecule has 0 aromatic carbocycles. The molecule has 2 N–H and O–H groups in total. The smallest absolute Gasteiger partial charge is 0.341 e. The Balaban J connectivity index is 2.25. The molecule has 2 aromatic heterocycles. The number of aromatic nitrogens is 4. The van der Waals surface area contributed by atoms with Gasteiger partial charge in [-0.05, 0) is 13.8 Å². The van der Waals surface area contributed by atoms with E-state index >= 15 is 0 Å². The van der Waals surface area contributed by atoms with Crippen LogP contribution in [0.15, 0.2) is 6.20 Å². The van der Waals surface area contributed by atoms with Crippen LogP contribution in [0.2, 0.25) is 0 Å². The summed E-state index contributed by atoms with van der Waals surface area (Å²) < 4.78 is 3.33. The minimum atomic E-state index is -0.976. The highest BCUT2D eigenvalue weighted by atomic mass is 16.4. The molecule has 0 spiro atoms. The molecule has 0 atom stereocenters. The number of carboxylic acids is 1. The second-order valence-electron chi connectivity index (χ2n) is 4.47. The molecule has 0 saturated heterocycles. The Morgan fingerprint density at radius 3 is 2.58 bits per heavy atom. The van der Waals surface area contributed by atoms with E-state index < -0.39 is 5.97 Å². The molecule has 0 radical (unpaired) electrons. The number of anilines is 1. The van der Waals surface area contributed by atoms with Gasteiger partial charge in [-0.15, -0.1) is 0 Å². The third-order valence-electron chi connectivity index (χ3n) is 3.22. The van der Waals surface area contributed by atoms with Crippen LogP contribution in [0, 0.1) is 13.8 Å². The maximum absolute atomic E-state index is 11.2. The van der Waals surface area contributed by atoms with Gasteiger partial charge in [0, 0.05) is 31.9 Å². The van der Waals surface area contributed by atoms with Gasteiger partial charge in [-0.2, -0.15) is 10.2 Å². The molecule has 7 heteroatoms. The van der Waals surface area contributed by atoms with Crippen LogP contribution in [-0.2, 0) is 20.6 Å². The molecule has 0 fully saturated rings. The summed E-state index contributed by atoms with van der Waals surface area (Å²) in [4.78, 5) is 11.2. The fraction of sp³-hybridized carbons (Fsp3) is 0.417. The van der Waals surface area contributed by atoms with Crippen molar-refractivity contribution in [3.8, 4) is 0 Å². The van der Waals surface area contributed by atoms with Crippen LogP contribution in [0.4, 0.5) is 5.82 Å². The van der Waals surface area contributed by atoms with Crippen molar-refractivity contribution in [1.82, 2.24) is 19.6 Å². The third-order valence-corrected chi connectivity index (χ3v) is 3.22. The first-order valence-electron chi connectivity index (χ1n) is 5.90. The van der Waals surface area contributed by atoms with Crippen LogP contribution in [0.25, 0.3) is 0 Å². The lowest BCUT2D eigenvalue weighted by molar-refractivity contribution is 0.0697. The number of aromatic carboxylic acids is 1. The molecule has 2 heterocycles. The molecule has 19 heavy (non-hydrogen) atoms. The van der Waals surface area contributed by atoms with Crippen LogP contribution >= 0.6 is 0 Å². The highest BCUT2D eigenvalue weighted by Gasteiger charge is 2.19. The van der Waals surface area contributed by atoms with Gasteiger partial charge >= 0.3 is 5.97 Å². The zero-order valence-electron chi connectivity index (χ0n) is 11.4. The van der Waals surface area contributed by atoms with Crippen molar-refractivity contribution in [1.29, 1.82) is 0 Å². The molecular formula is C12H17N5O2. The molecule has 2 rings (SSSR count). The second kappa shape index (κ2) is 4.75. The molecule has 0 aliphatic carbocycles. The van der Waals surface area contributed by atoms with Crippen molar-refractivity contribution in [3.63, 3.8) is 0 Å². The van der Waals surface area contributed by atoms with E-state index in [1.807, 2.05) is 14.0 Å². The van der Waals surface area contributed by atoms with E-state index in [4.69, 9.17) is 0 Å². The van der Waals surface area contributed by atoms with Crippen LogP contribution < -0.4 is 5.32 Å². The summed E-state index contributed by atoms with van der Waals surface area (Å²) in [6, 6.07) is 0. The van der Waals surface area contributed by atoms with Crippen molar-refractivity contribution < 1.29 is 9.90 Å². The molecule has 0 saturated carbocycles. The van der Waals surface area contributed by atoms with E-state index in [9.17, 15) is 9.90 Å². The Morgan fingerprint density at radius 1 is 1.37 bits per heavy atom. The normalized spacial score (nSPS) is 10.7. The molecule has 2 aromatic rings. The van der Waals surface area contributed by atoms with Gasteiger partial charge in [-0.1, -0.05) is 0 Å². The lowest BCUT2D eigenvalue weighted by atomic mass is 10.2. The SMILES string of the molecule is Cc1nn(C)c(NCc2cnn(C)c2C)c1C(=O)O. The van der Waals surface area contributed by atoms with Gasteiger partial charge < -0.3 is 10.4 Å². The quantitative estimate of drug-likeness (QED) is 0.862. The molecule has 0 aliphatic rings.